The first kappa shape index (κ1) is 11.5. The van der Waals surface area contributed by atoms with Crippen molar-refractivity contribution >= 4 is 11.7 Å². The Hall–Kier alpha value is -1.58. The number of carbonyl (C=O) groups excluding carboxylic acids is 1. The summed E-state index contributed by atoms with van der Waals surface area (Å²) in [5, 5.41) is 2.68. The van der Waals surface area contributed by atoms with Crippen LogP contribution < -0.4 is 5.32 Å². The highest BCUT2D eigenvalue weighted by Gasteiger charge is 2.06. The van der Waals surface area contributed by atoms with Crippen LogP contribution in [-0.4, -0.2) is 24.5 Å². The number of aryl methyl sites for hydroxylation is 1. The number of halogens is 1. The lowest BCUT2D eigenvalue weighted by Crippen LogP contribution is -2.30. The van der Waals surface area contributed by atoms with Crippen LogP contribution in [0.25, 0.3) is 0 Å². The van der Waals surface area contributed by atoms with Gasteiger partial charge in [-0.25, -0.2) is 9.18 Å². The van der Waals surface area contributed by atoms with Gasteiger partial charge >= 0.3 is 6.03 Å². The van der Waals surface area contributed by atoms with E-state index in [4.69, 9.17) is 0 Å². The number of rotatable bonds is 2. The molecule has 0 aromatic heterocycles. The van der Waals surface area contributed by atoms with Crippen LogP contribution in [0.3, 0.4) is 0 Å². The summed E-state index contributed by atoms with van der Waals surface area (Å²) in [5.41, 5.74) is 1.13. The van der Waals surface area contributed by atoms with E-state index < -0.39 is 0 Å². The normalized spacial score (nSPS) is 9.87. The van der Waals surface area contributed by atoms with E-state index in [-0.39, 0.29) is 11.8 Å². The van der Waals surface area contributed by atoms with Crippen molar-refractivity contribution in [1.29, 1.82) is 0 Å². The highest BCUT2D eigenvalue weighted by atomic mass is 19.1. The Kier molecular flexibility index (Phi) is 3.66. The summed E-state index contributed by atoms with van der Waals surface area (Å²) < 4.78 is 12.9. The van der Waals surface area contributed by atoms with Crippen LogP contribution in [0.5, 0.6) is 0 Å². The highest BCUT2D eigenvalue weighted by Crippen LogP contribution is 2.13. The molecule has 0 saturated heterocycles. The van der Waals surface area contributed by atoms with Gasteiger partial charge in [-0.3, -0.25) is 0 Å². The number of nitrogens with zero attached hydrogens (tertiary/aromatic N) is 1. The zero-order chi connectivity index (χ0) is 11.4. The molecule has 15 heavy (non-hydrogen) atoms. The largest absolute Gasteiger partial charge is 0.328 e. The van der Waals surface area contributed by atoms with Gasteiger partial charge in [0.25, 0.3) is 0 Å². The van der Waals surface area contributed by atoms with Crippen molar-refractivity contribution in [2.45, 2.75) is 13.8 Å². The Morgan fingerprint density at radius 1 is 1.53 bits per heavy atom. The van der Waals surface area contributed by atoms with E-state index in [2.05, 4.69) is 5.32 Å². The second kappa shape index (κ2) is 4.77. The minimum absolute atomic E-state index is 0.191. The number of urea groups is 1. The van der Waals surface area contributed by atoms with Crippen molar-refractivity contribution in [3.05, 3.63) is 29.6 Å². The fourth-order valence-electron chi connectivity index (χ4n) is 1.08. The molecule has 0 aliphatic heterocycles. The number of amides is 2. The van der Waals surface area contributed by atoms with Gasteiger partial charge in [0, 0.05) is 19.3 Å². The lowest BCUT2D eigenvalue weighted by Gasteiger charge is -2.15. The second-order valence-corrected chi connectivity index (χ2v) is 3.41. The number of hydrogen-bond donors (Lipinski definition) is 1. The SMILES string of the molecule is CCN(C)C(=O)Nc1ccc(F)c(C)c1. The summed E-state index contributed by atoms with van der Waals surface area (Å²) in [4.78, 5) is 13.0. The van der Waals surface area contributed by atoms with Crippen LogP contribution in [-0.2, 0) is 0 Å². The molecule has 0 fully saturated rings. The van der Waals surface area contributed by atoms with E-state index in [1.54, 1.807) is 31.0 Å². The number of carbonyl (C=O) groups is 1. The summed E-state index contributed by atoms with van der Waals surface area (Å²) >= 11 is 0. The molecule has 0 radical (unpaired) electrons. The van der Waals surface area contributed by atoms with Crippen molar-refractivity contribution in [2.24, 2.45) is 0 Å². The predicted molar refractivity (Wildman–Crippen MR) is 58.5 cm³/mol. The lowest BCUT2D eigenvalue weighted by molar-refractivity contribution is 0.224. The van der Waals surface area contributed by atoms with Crippen LogP contribution in [0.1, 0.15) is 12.5 Å². The quantitative estimate of drug-likeness (QED) is 0.799. The number of nitrogens with one attached hydrogen (secondary N) is 1. The first-order valence-corrected chi connectivity index (χ1v) is 4.83. The molecule has 0 aliphatic rings. The average molecular weight is 210 g/mol. The maximum absolute atomic E-state index is 12.9. The maximum Gasteiger partial charge on any atom is 0.321 e. The van der Waals surface area contributed by atoms with Crippen LogP contribution in [0.4, 0.5) is 14.9 Å². The van der Waals surface area contributed by atoms with Crippen molar-refractivity contribution in [3.63, 3.8) is 0 Å². The van der Waals surface area contributed by atoms with Crippen LogP contribution in [0.15, 0.2) is 18.2 Å². The van der Waals surface area contributed by atoms with Crippen molar-refractivity contribution < 1.29 is 9.18 Å². The molecule has 0 atom stereocenters. The van der Waals surface area contributed by atoms with E-state index in [1.807, 2.05) is 6.92 Å². The Balaban J connectivity index is 2.73. The Morgan fingerprint density at radius 2 is 2.20 bits per heavy atom. The maximum atomic E-state index is 12.9. The molecule has 0 aliphatic carbocycles. The zero-order valence-electron chi connectivity index (χ0n) is 9.17. The number of benzene rings is 1. The predicted octanol–water partition coefficient (Wildman–Crippen LogP) is 2.62. The molecule has 2 amide bonds. The third kappa shape index (κ3) is 2.94. The van der Waals surface area contributed by atoms with Gasteiger partial charge in [0.2, 0.25) is 0 Å². The van der Waals surface area contributed by atoms with Crippen LogP contribution >= 0.6 is 0 Å². The Morgan fingerprint density at radius 3 is 2.73 bits per heavy atom. The smallest absolute Gasteiger partial charge is 0.321 e. The van der Waals surface area contributed by atoms with Gasteiger partial charge in [-0.1, -0.05) is 0 Å². The van der Waals surface area contributed by atoms with Gasteiger partial charge in [0.1, 0.15) is 5.82 Å². The third-order valence-electron chi connectivity index (χ3n) is 2.23. The Labute approximate surface area is 88.9 Å². The average Bonchev–Trinajstić information content (AvgIpc) is 2.22. The fourth-order valence-corrected chi connectivity index (χ4v) is 1.08. The molecule has 4 heteroatoms. The number of hydrogen-bond acceptors (Lipinski definition) is 1. The minimum atomic E-state index is -0.267. The summed E-state index contributed by atoms with van der Waals surface area (Å²) in [6.45, 7) is 4.18. The van der Waals surface area contributed by atoms with E-state index >= 15 is 0 Å². The summed E-state index contributed by atoms with van der Waals surface area (Å²) in [6, 6.07) is 4.31. The van der Waals surface area contributed by atoms with Gasteiger partial charge in [0.05, 0.1) is 0 Å². The first-order valence-electron chi connectivity index (χ1n) is 4.83. The molecular formula is C11H15FN2O. The van der Waals surface area contributed by atoms with Crippen molar-refractivity contribution in [2.75, 3.05) is 18.9 Å². The highest BCUT2D eigenvalue weighted by molar-refractivity contribution is 5.89. The Bertz CT molecular complexity index is 366. The van der Waals surface area contributed by atoms with Gasteiger partial charge < -0.3 is 10.2 Å². The second-order valence-electron chi connectivity index (χ2n) is 3.41. The summed E-state index contributed by atoms with van der Waals surface area (Å²) in [5.74, 6) is -0.267. The molecule has 0 unspecified atom stereocenters. The van der Waals surface area contributed by atoms with E-state index in [0.29, 0.717) is 17.8 Å². The fraction of sp³-hybridized carbons (Fsp3) is 0.364. The summed E-state index contributed by atoms with van der Waals surface area (Å²) in [6.07, 6.45) is 0. The molecule has 0 spiro atoms. The van der Waals surface area contributed by atoms with Gasteiger partial charge in [-0.15, -0.1) is 0 Å². The van der Waals surface area contributed by atoms with Crippen molar-refractivity contribution in [3.8, 4) is 0 Å². The number of anilines is 1. The molecule has 1 N–H and O–H groups in total. The first-order chi connectivity index (χ1) is 7.04. The molecule has 1 aromatic carbocycles. The molecular weight excluding hydrogens is 195 g/mol. The molecule has 3 nitrogen and oxygen atoms in total. The monoisotopic (exact) mass is 210 g/mol. The van der Waals surface area contributed by atoms with Gasteiger partial charge in [0.15, 0.2) is 0 Å². The van der Waals surface area contributed by atoms with E-state index in [9.17, 15) is 9.18 Å². The standard InChI is InChI=1S/C11H15FN2O/c1-4-14(3)11(15)13-9-5-6-10(12)8(2)7-9/h5-7H,4H2,1-3H3,(H,13,15). The van der Waals surface area contributed by atoms with Crippen LogP contribution in [0.2, 0.25) is 0 Å². The van der Waals surface area contributed by atoms with Gasteiger partial charge in [-0.2, -0.15) is 0 Å². The molecule has 0 heterocycles. The van der Waals surface area contributed by atoms with Crippen molar-refractivity contribution in [1.82, 2.24) is 4.90 Å². The molecule has 0 bridgehead atoms. The summed E-state index contributed by atoms with van der Waals surface area (Å²) in [7, 11) is 1.70. The third-order valence-corrected chi connectivity index (χ3v) is 2.23. The molecule has 82 valence electrons. The van der Waals surface area contributed by atoms with Gasteiger partial charge in [-0.05, 0) is 37.6 Å². The molecule has 1 aromatic rings. The lowest BCUT2D eigenvalue weighted by atomic mass is 10.2. The van der Waals surface area contributed by atoms with E-state index in [0.717, 1.165) is 0 Å². The zero-order valence-corrected chi connectivity index (χ0v) is 9.17. The van der Waals surface area contributed by atoms with E-state index in [1.165, 1.54) is 6.07 Å². The topological polar surface area (TPSA) is 32.3 Å². The minimum Gasteiger partial charge on any atom is -0.328 e. The van der Waals surface area contributed by atoms with Crippen LogP contribution in [0, 0.1) is 12.7 Å². The molecule has 1 rings (SSSR count). The molecule has 0 saturated carbocycles.